The average Bonchev–Trinajstić information content (AvgIpc) is 2.48. The van der Waals surface area contributed by atoms with Crippen molar-refractivity contribution in [1.29, 1.82) is 0 Å². The van der Waals surface area contributed by atoms with E-state index >= 15 is 0 Å². The van der Waals surface area contributed by atoms with E-state index in [1.165, 1.54) is 18.4 Å². The molecular formula is C16H20ClNOS. The van der Waals surface area contributed by atoms with Crippen LogP contribution in [0.5, 0.6) is 0 Å². The number of carbonyl (C=O) groups excluding carboxylic acids is 1. The lowest BCUT2D eigenvalue weighted by molar-refractivity contribution is -0.120. The van der Waals surface area contributed by atoms with E-state index in [9.17, 15) is 4.79 Å². The van der Waals surface area contributed by atoms with Crippen LogP contribution in [-0.4, -0.2) is 17.7 Å². The molecule has 0 heterocycles. The Morgan fingerprint density at radius 3 is 2.75 bits per heavy atom. The molecule has 1 aromatic carbocycles. The van der Waals surface area contributed by atoms with E-state index in [1.807, 2.05) is 31.2 Å². The molecule has 20 heavy (non-hydrogen) atoms. The second-order valence-electron chi connectivity index (χ2n) is 5.04. The predicted octanol–water partition coefficient (Wildman–Crippen LogP) is 4.44. The molecule has 2 nitrogen and oxygen atoms in total. The van der Waals surface area contributed by atoms with Crippen molar-refractivity contribution in [3.8, 4) is 0 Å². The molecule has 2 rings (SSSR count). The third-order valence-electron chi connectivity index (χ3n) is 3.37. The molecule has 0 spiro atoms. The third-order valence-corrected chi connectivity index (χ3v) is 4.73. The van der Waals surface area contributed by atoms with E-state index in [0.29, 0.717) is 6.54 Å². The molecule has 0 saturated heterocycles. The van der Waals surface area contributed by atoms with Crippen molar-refractivity contribution in [1.82, 2.24) is 5.32 Å². The molecule has 4 heteroatoms. The monoisotopic (exact) mass is 309 g/mol. The van der Waals surface area contributed by atoms with Gasteiger partial charge < -0.3 is 5.32 Å². The van der Waals surface area contributed by atoms with E-state index in [-0.39, 0.29) is 11.2 Å². The van der Waals surface area contributed by atoms with Crippen LogP contribution < -0.4 is 5.32 Å². The van der Waals surface area contributed by atoms with Gasteiger partial charge in [0.25, 0.3) is 0 Å². The Hall–Kier alpha value is -0.930. The van der Waals surface area contributed by atoms with Gasteiger partial charge in [0.05, 0.1) is 5.25 Å². The van der Waals surface area contributed by atoms with E-state index in [1.54, 1.807) is 11.8 Å². The Morgan fingerprint density at radius 2 is 2.10 bits per heavy atom. The summed E-state index contributed by atoms with van der Waals surface area (Å²) in [5, 5.41) is 3.65. The summed E-state index contributed by atoms with van der Waals surface area (Å²) in [6.07, 6.45) is 7.07. The maximum atomic E-state index is 12.1. The largest absolute Gasteiger partial charge is 0.351 e. The Morgan fingerprint density at radius 1 is 1.35 bits per heavy atom. The summed E-state index contributed by atoms with van der Waals surface area (Å²) in [5.41, 5.74) is 1.37. The molecule has 1 aliphatic rings. The van der Waals surface area contributed by atoms with Gasteiger partial charge in [-0.1, -0.05) is 23.3 Å². The summed E-state index contributed by atoms with van der Waals surface area (Å²) in [4.78, 5) is 13.1. The summed E-state index contributed by atoms with van der Waals surface area (Å²) < 4.78 is 0. The van der Waals surface area contributed by atoms with Crippen molar-refractivity contribution >= 4 is 29.3 Å². The van der Waals surface area contributed by atoms with Gasteiger partial charge in [-0.2, -0.15) is 0 Å². The van der Waals surface area contributed by atoms with Crippen LogP contribution in [0.4, 0.5) is 0 Å². The van der Waals surface area contributed by atoms with Crippen molar-refractivity contribution in [3.63, 3.8) is 0 Å². The molecule has 1 N–H and O–H groups in total. The Kier molecular flexibility index (Phi) is 5.99. The lowest BCUT2D eigenvalue weighted by Gasteiger charge is -2.16. The highest BCUT2D eigenvalue weighted by atomic mass is 35.5. The number of carbonyl (C=O) groups is 1. The molecule has 0 aliphatic heterocycles. The zero-order valence-corrected chi connectivity index (χ0v) is 13.3. The van der Waals surface area contributed by atoms with Crippen molar-refractivity contribution in [2.24, 2.45) is 0 Å². The van der Waals surface area contributed by atoms with E-state index in [0.717, 1.165) is 22.8 Å². The third kappa shape index (κ3) is 4.88. The highest BCUT2D eigenvalue weighted by molar-refractivity contribution is 8.00. The number of nitrogens with one attached hydrogen (secondary N) is 1. The van der Waals surface area contributed by atoms with Crippen molar-refractivity contribution < 1.29 is 4.79 Å². The molecule has 1 aromatic rings. The molecule has 0 fully saturated rings. The number of halogens is 1. The standard InChI is InChI=1S/C16H20ClNOS/c1-12(20-15-9-7-14(17)8-10-15)16(19)18-11-13-5-3-2-4-6-13/h5,7-10,12H,2-4,6,11H2,1H3,(H,18,19)/t12-/m0/s1. The maximum absolute atomic E-state index is 12.1. The van der Waals surface area contributed by atoms with Gasteiger partial charge in [-0.05, 0) is 56.9 Å². The van der Waals surface area contributed by atoms with Gasteiger partial charge in [-0.3, -0.25) is 4.79 Å². The molecule has 0 unspecified atom stereocenters. The van der Waals surface area contributed by atoms with Crippen LogP contribution in [0.2, 0.25) is 5.02 Å². The molecule has 0 aromatic heterocycles. The first kappa shape index (κ1) is 15.5. The van der Waals surface area contributed by atoms with Crippen molar-refractivity contribution in [2.75, 3.05) is 6.54 Å². The van der Waals surface area contributed by atoms with Crippen LogP contribution in [0.1, 0.15) is 32.6 Å². The molecule has 0 bridgehead atoms. The smallest absolute Gasteiger partial charge is 0.233 e. The number of benzene rings is 1. The highest BCUT2D eigenvalue weighted by Crippen LogP contribution is 2.25. The first-order valence-electron chi connectivity index (χ1n) is 7.03. The van der Waals surface area contributed by atoms with Crippen LogP contribution in [0.3, 0.4) is 0 Å². The zero-order valence-electron chi connectivity index (χ0n) is 11.7. The molecule has 108 valence electrons. The predicted molar refractivity (Wildman–Crippen MR) is 86.3 cm³/mol. The van der Waals surface area contributed by atoms with E-state index in [4.69, 9.17) is 11.6 Å². The number of hydrogen-bond acceptors (Lipinski definition) is 2. The maximum Gasteiger partial charge on any atom is 0.233 e. The quantitative estimate of drug-likeness (QED) is 0.643. The number of allylic oxidation sites excluding steroid dienone is 1. The second kappa shape index (κ2) is 7.75. The average molecular weight is 310 g/mol. The van der Waals surface area contributed by atoms with E-state index in [2.05, 4.69) is 11.4 Å². The molecule has 0 radical (unpaired) electrons. The summed E-state index contributed by atoms with van der Waals surface area (Å²) >= 11 is 7.41. The lowest BCUT2D eigenvalue weighted by Crippen LogP contribution is -2.32. The van der Waals surface area contributed by atoms with Crippen molar-refractivity contribution in [3.05, 3.63) is 40.9 Å². The minimum Gasteiger partial charge on any atom is -0.351 e. The summed E-state index contributed by atoms with van der Waals surface area (Å²) in [5.74, 6) is 0.0939. The zero-order chi connectivity index (χ0) is 14.4. The van der Waals surface area contributed by atoms with Crippen LogP contribution in [0.15, 0.2) is 40.8 Å². The van der Waals surface area contributed by atoms with Crippen LogP contribution in [0.25, 0.3) is 0 Å². The van der Waals surface area contributed by atoms with Gasteiger partial charge in [0, 0.05) is 16.5 Å². The normalized spacial score (nSPS) is 16.4. The first-order valence-corrected chi connectivity index (χ1v) is 8.29. The van der Waals surface area contributed by atoms with Gasteiger partial charge in [-0.25, -0.2) is 0 Å². The Labute approximate surface area is 130 Å². The van der Waals surface area contributed by atoms with Crippen LogP contribution in [-0.2, 0) is 4.79 Å². The van der Waals surface area contributed by atoms with E-state index < -0.39 is 0 Å². The van der Waals surface area contributed by atoms with Gasteiger partial charge in [-0.15, -0.1) is 11.8 Å². The number of rotatable bonds is 5. The lowest BCUT2D eigenvalue weighted by atomic mass is 10.00. The number of hydrogen-bond donors (Lipinski definition) is 1. The molecule has 0 saturated carbocycles. The first-order chi connectivity index (χ1) is 9.65. The molecular weight excluding hydrogens is 290 g/mol. The highest BCUT2D eigenvalue weighted by Gasteiger charge is 2.14. The summed E-state index contributed by atoms with van der Waals surface area (Å²) in [6.45, 7) is 2.63. The molecule has 1 aliphatic carbocycles. The van der Waals surface area contributed by atoms with Gasteiger partial charge in [0.15, 0.2) is 0 Å². The second-order valence-corrected chi connectivity index (χ2v) is 6.89. The summed E-state index contributed by atoms with van der Waals surface area (Å²) in [6, 6.07) is 7.59. The minimum absolute atomic E-state index is 0.0939. The molecule has 1 atom stereocenters. The van der Waals surface area contributed by atoms with Crippen LogP contribution in [0, 0.1) is 0 Å². The van der Waals surface area contributed by atoms with Crippen LogP contribution >= 0.6 is 23.4 Å². The topological polar surface area (TPSA) is 29.1 Å². The van der Waals surface area contributed by atoms with Crippen molar-refractivity contribution in [2.45, 2.75) is 42.8 Å². The fraction of sp³-hybridized carbons (Fsp3) is 0.438. The number of amides is 1. The number of thioether (sulfide) groups is 1. The Balaban J connectivity index is 1.79. The van der Waals surface area contributed by atoms with Gasteiger partial charge >= 0.3 is 0 Å². The fourth-order valence-corrected chi connectivity index (χ4v) is 3.20. The van der Waals surface area contributed by atoms with Gasteiger partial charge in [0.1, 0.15) is 0 Å². The Bertz CT molecular complexity index is 484. The molecule has 1 amide bonds. The SMILES string of the molecule is C[C@H](Sc1ccc(Cl)cc1)C(=O)NCC1=CCCCC1. The minimum atomic E-state index is -0.0969. The fourth-order valence-electron chi connectivity index (χ4n) is 2.18. The van der Waals surface area contributed by atoms with Gasteiger partial charge in [0.2, 0.25) is 5.91 Å². The summed E-state index contributed by atoms with van der Waals surface area (Å²) in [7, 11) is 0.